The Kier molecular flexibility index (Phi) is 11.5. The summed E-state index contributed by atoms with van der Waals surface area (Å²) < 4.78 is 0. The van der Waals surface area contributed by atoms with Crippen molar-refractivity contribution in [2.24, 2.45) is 5.92 Å². The number of hydrogen-bond acceptors (Lipinski definition) is 4. The average Bonchev–Trinajstić information content (AvgIpc) is 3.08. The third-order valence-corrected chi connectivity index (χ3v) is 8.72. The molecule has 6 rings (SSSR count). The maximum Gasteiger partial charge on any atom is 0.0991 e. The highest BCUT2D eigenvalue weighted by molar-refractivity contribution is 5.54. The van der Waals surface area contributed by atoms with E-state index in [1.807, 2.05) is 36.4 Å². The Hall–Kier alpha value is -4.48. The molecule has 0 aromatic heterocycles. The standard InChI is InChI=1S/C20H22N2.C20H20N2/c2*21-15-19-8-6-17(7-9-19)14-18-10-12-22(13-11-18)16-20-4-2-1-3-5-20/h1-9,18H,10-14,16H2;1-9,14H,10-13,16H2. The fourth-order valence-electron chi connectivity index (χ4n) is 6.11. The van der Waals surface area contributed by atoms with E-state index in [0.29, 0.717) is 0 Å². The molecular formula is C40H42N4. The van der Waals surface area contributed by atoms with Crippen LogP contribution in [0, 0.1) is 28.6 Å². The summed E-state index contributed by atoms with van der Waals surface area (Å²) in [6, 6.07) is 41.7. The predicted molar refractivity (Wildman–Crippen MR) is 179 cm³/mol. The number of rotatable bonds is 7. The van der Waals surface area contributed by atoms with Crippen molar-refractivity contribution in [3.63, 3.8) is 0 Å². The Labute approximate surface area is 263 Å². The SMILES string of the molecule is N#Cc1ccc(C=C2CCN(Cc3ccccc3)CC2)cc1.N#Cc1ccc(CC2CCN(Cc3ccccc3)CC2)cc1. The van der Waals surface area contributed by atoms with Gasteiger partial charge in [-0.15, -0.1) is 0 Å². The molecule has 4 aromatic carbocycles. The summed E-state index contributed by atoms with van der Waals surface area (Å²) in [5, 5.41) is 17.7. The normalized spacial score (nSPS) is 15.8. The predicted octanol–water partition coefficient (Wildman–Crippen LogP) is 8.25. The van der Waals surface area contributed by atoms with Crippen LogP contribution in [0.1, 0.15) is 59.1 Å². The lowest BCUT2D eigenvalue weighted by Gasteiger charge is -2.32. The summed E-state index contributed by atoms with van der Waals surface area (Å²) in [5.74, 6) is 0.778. The van der Waals surface area contributed by atoms with Crippen molar-refractivity contribution in [2.75, 3.05) is 26.2 Å². The van der Waals surface area contributed by atoms with E-state index in [4.69, 9.17) is 10.5 Å². The largest absolute Gasteiger partial charge is 0.299 e. The maximum absolute atomic E-state index is 8.84. The second kappa shape index (κ2) is 16.4. The monoisotopic (exact) mass is 578 g/mol. The molecule has 2 heterocycles. The van der Waals surface area contributed by atoms with Gasteiger partial charge in [0.2, 0.25) is 0 Å². The van der Waals surface area contributed by atoms with Crippen molar-refractivity contribution >= 4 is 6.08 Å². The molecule has 0 saturated carbocycles. The Morgan fingerprint density at radius 2 is 1.05 bits per heavy atom. The third-order valence-electron chi connectivity index (χ3n) is 8.72. The van der Waals surface area contributed by atoms with Gasteiger partial charge in [-0.3, -0.25) is 9.80 Å². The zero-order valence-corrected chi connectivity index (χ0v) is 25.6. The third kappa shape index (κ3) is 9.78. The first-order valence-corrected chi connectivity index (χ1v) is 15.9. The smallest absolute Gasteiger partial charge is 0.0991 e. The van der Waals surface area contributed by atoms with Crippen LogP contribution in [-0.4, -0.2) is 36.0 Å². The van der Waals surface area contributed by atoms with Crippen molar-refractivity contribution < 1.29 is 0 Å². The molecule has 2 aliphatic rings. The summed E-state index contributed by atoms with van der Waals surface area (Å²) in [5.41, 5.74) is 8.34. The van der Waals surface area contributed by atoms with E-state index in [-0.39, 0.29) is 0 Å². The van der Waals surface area contributed by atoms with Gasteiger partial charge in [0, 0.05) is 26.2 Å². The first kappa shape index (κ1) is 31.0. The van der Waals surface area contributed by atoms with Gasteiger partial charge in [0.15, 0.2) is 0 Å². The summed E-state index contributed by atoms with van der Waals surface area (Å²) in [6.07, 6.45) is 8.23. The molecule has 0 atom stereocenters. The van der Waals surface area contributed by atoms with E-state index in [1.165, 1.54) is 53.8 Å². The molecule has 4 heteroatoms. The van der Waals surface area contributed by atoms with Crippen LogP contribution in [0.3, 0.4) is 0 Å². The second-order valence-electron chi connectivity index (χ2n) is 12.0. The van der Waals surface area contributed by atoms with E-state index >= 15 is 0 Å². The molecule has 222 valence electrons. The lowest BCUT2D eigenvalue weighted by Crippen LogP contribution is -2.33. The highest BCUT2D eigenvalue weighted by Gasteiger charge is 2.19. The van der Waals surface area contributed by atoms with Crippen molar-refractivity contribution in [2.45, 2.75) is 45.2 Å². The number of hydrogen-bond donors (Lipinski definition) is 0. The Morgan fingerprint density at radius 3 is 1.55 bits per heavy atom. The molecule has 4 nitrogen and oxygen atoms in total. The molecular weight excluding hydrogens is 536 g/mol. The molecule has 44 heavy (non-hydrogen) atoms. The molecule has 0 spiro atoms. The Morgan fingerprint density at radius 1 is 0.568 bits per heavy atom. The van der Waals surface area contributed by atoms with Crippen LogP contribution in [0.4, 0.5) is 0 Å². The first-order valence-electron chi connectivity index (χ1n) is 15.9. The minimum Gasteiger partial charge on any atom is -0.299 e. The Balaban J connectivity index is 0.000000175. The topological polar surface area (TPSA) is 54.1 Å². The van der Waals surface area contributed by atoms with Crippen LogP contribution >= 0.6 is 0 Å². The quantitative estimate of drug-likeness (QED) is 0.222. The van der Waals surface area contributed by atoms with Gasteiger partial charge in [0.05, 0.1) is 23.3 Å². The molecule has 0 N–H and O–H groups in total. The number of nitrogens with zero attached hydrogens (tertiary/aromatic N) is 4. The van der Waals surface area contributed by atoms with E-state index in [0.717, 1.165) is 62.5 Å². The summed E-state index contributed by atoms with van der Waals surface area (Å²) >= 11 is 0. The maximum atomic E-state index is 8.84. The van der Waals surface area contributed by atoms with Gasteiger partial charge in [0.25, 0.3) is 0 Å². The molecule has 2 saturated heterocycles. The number of nitriles is 2. The van der Waals surface area contributed by atoms with Gasteiger partial charge < -0.3 is 0 Å². The van der Waals surface area contributed by atoms with Crippen molar-refractivity contribution in [1.29, 1.82) is 10.5 Å². The van der Waals surface area contributed by atoms with Crippen LogP contribution in [-0.2, 0) is 19.5 Å². The Bertz CT molecular complexity index is 1530. The number of piperidine rings is 2. The van der Waals surface area contributed by atoms with Crippen LogP contribution in [0.5, 0.6) is 0 Å². The lowest BCUT2D eigenvalue weighted by molar-refractivity contribution is 0.177. The van der Waals surface area contributed by atoms with Gasteiger partial charge in [-0.05, 0) is 97.6 Å². The zero-order valence-electron chi connectivity index (χ0n) is 25.6. The summed E-state index contributed by atoms with van der Waals surface area (Å²) in [7, 11) is 0. The van der Waals surface area contributed by atoms with Gasteiger partial charge >= 0.3 is 0 Å². The van der Waals surface area contributed by atoms with Gasteiger partial charge in [-0.25, -0.2) is 0 Å². The molecule has 2 fully saturated rings. The molecule has 0 aliphatic carbocycles. The second-order valence-corrected chi connectivity index (χ2v) is 12.0. The molecule has 0 unspecified atom stereocenters. The fraction of sp³-hybridized carbons (Fsp3) is 0.300. The summed E-state index contributed by atoms with van der Waals surface area (Å²) in [6.45, 7) is 6.75. The average molecular weight is 579 g/mol. The number of benzene rings is 4. The van der Waals surface area contributed by atoms with Crippen molar-refractivity contribution in [3.8, 4) is 12.1 Å². The van der Waals surface area contributed by atoms with E-state index in [9.17, 15) is 0 Å². The number of likely N-dealkylation sites (tertiary alicyclic amines) is 2. The van der Waals surface area contributed by atoms with Gasteiger partial charge in [-0.1, -0.05) is 96.6 Å². The molecule has 0 amide bonds. The lowest BCUT2D eigenvalue weighted by atomic mass is 9.90. The van der Waals surface area contributed by atoms with Crippen molar-refractivity contribution in [3.05, 3.63) is 148 Å². The van der Waals surface area contributed by atoms with Crippen LogP contribution in [0.25, 0.3) is 6.08 Å². The summed E-state index contributed by atoms with van der Waals surface area (Å²) in [4.78, 5) is 5.08. The highest BCUT2D eigenvalue weighted by atomic mass is 15.1. The van der Waals surface area contributed by atoms with E-state index in [1.54, 1.807) is 0 Å². The highest BCUT2D eigenvalue weighted by Crippen LogP contribution is 2.23. The van der Waals surface area contributed by atoms with Gasteiger partial charge in [0.1, 0.15) is 0 Å². The van der Waals surface area contributed by atoms with Gasteiger partial charge in [-0.2, -0.15) is 10.5 Å². The molecule has 4 aromatic rings. The fourth-order valence-corrected chi connectivity index (χ4v) is 6.11. The minimum atomic E-state index is 0.722. The van der Waals surface area contributed by atoms with Crippen LogP contribution in [0.2, 0.25) is 0 Å². The molecule has 0 bridgehead atoms. The van der Waals surface area contributed by atoms with Crippen LogP contribution < -0.4 is 0 Å². The van der Waals surface area contributed by atoms with Crippen LogP contribution in [0.15, 0.2) is 115 Å². The first-order chi connectivity index (χ1) is 21.7. The molecule has 0 radical (unpaired) electrons. The van der Waals surface area contributed by atoms with E-state index < -0.39 is 0 Å². The minimum absolute atomic E-state index is 0.722. The van der Waals surface area contributed by atoms with E-state index in [2.05, 4.69) is 101 Å². The van der Waals surface area contributed by atoms with Crippen molar-refractivity contribution in [1.82, 2.24) is 9.80 Å². The zero-order chi connectivity index (χ0) is 30.4. The molecule has 2 aliphatic heterocycles.